The molecule has 1 atom stereocenters. The zero-order valence-corrected chi connectivity index (χ0v) is 11.0. The zero-order valence-electron chi connectivity index (χ0n) is 11.0. The van der Waals surface area contributed by atoms with Crippen LogP contribution in [0.2, 0.25) is 0 Å². The smallest absolute Gasteiger partial charge is 0.113 e. The molecule has 3 nitrogen and oxygen atoms in total. The number of rotatable bonds is 2. The van der Waals surface area contributed by atoms with Gasteiger partial charge in [-0.15, -0.1) is 0 Å². The van der Waals surface area contributed by atoms with Crippen LogP contribution < -0.4 is 5.32 Å². The van der Waals surface area contributed by atoms with Gasteiger partial charge in [-0.1, -0.05) is 23.8 Å². The molecule has 0 radical (unpaired) electrons. The number of benzene rings is 1. The first-order valence-corrected chi connectivity index (χ1v) is 6.55. The Morgan fingerprint density at radius 2 is 2.28 bits per heavy atom. The van der Waals surface area contributed by atoms with Gasteiger partial charge in [0.05, 0.1) is 11.9 Å². The lowest BCUT2D eigenvalue weighted by Crippen LogP contribution is -2.11. The summed E-state index contributed by atoms with van der Waals surface area (Å²) in [5.74, 6) is 1.77. The highest BCUT2D eigenvalue weighted by molar-refractivity contribution is 5.60. The van der Waals surface area contributed by atoms with Crippen LogP contribution in [-0.2, 0) is 7.05 Å². The Labute approximate surface area is 108 Å². The van der Waals surface area contributed by atoms with Crippen LogP contribution in [-0.4, -0.2) is 22.6 Å². The summed E-state index contributed by atoms with van der Waals surface area (Å²) in [6.07, 6.45) is 3.19. The second-order valence-corrected chi connectivity index (χ2v) is 5.12. The van der Waals surface area contributed by atoms with E-state index in [1.54, 1.807) is 0 Å². The molecule has 1 N–H and O–H groups in total. The summed E-state index contributed by atoms with van der Waals surface area (Å²) in [5, 5.41) is 3.40. The minimum atomic E-state index is 0.563. The van der Waals surface area contributed by atoms with Gasteiger partial charge in [0, 0.05) is 25.1 Å². The molecule has 0 aliphatic carbocycles. The summed E-state index contributed by atoms with van der Waals surface area (Å²) in [6, 6.07) is 8.60. The summed E-state index contributed by atoms with van der Waals surface area (Å²) in [7, 11) is 2.12. The molecule has 1 aromatic carbocycles. The van der Waals surface area contributed by atoms with Crippen molar-refractivity contribution in [1.82, 2.24) is 14.9 Å². The second-order valence-electron chi connectivity index (χ2n) is 5.12. The number of imidazole rings is 1. The fraction of sp³-hybridized carbons (Fsp3) is 0.400. The predicted octanol–water partition coefficient (Wildman–Crippen LogP) is 2.47. The lowest BCUT2D eigenvalue weighted by atomic mass is 10.1. The molecular weight excluding hydrogens is 222 g/mol. The molecule has 1 aliphatic rings. The third kappa shape index (κ3) is 1.95. The van der Waals surface area contributed by atoms with Crippen LogP contribution in [0.5, 0.6) is 0 Å². The molecule has 2 heterocycles. The van der Waals surface area contributed by atoms with Crippen molar-refractivity contribution < 1.29 is 0 Å². The van der Waals surface area contributed by atoms with Gasteiger partial charge >= 0.3 is 0 Å². The Morgan fingerprint density at radius 1 is 1.39 bits per heavy atom. The van der Waals surface area contributed by atoms with Crippen molar-refractivity contribution in [3.05, 3.63) is 41.9 Å². The Bertz CT molecular complexity index is 551. The zero-order chi connectivity index (χ0) is 12.5. The average Bonchev–Trinajstić information content (AvgIpc) is 2.97. The van der Waals surface area contributed by atoms with Crippen LogP contribution in [0, 0.1) is 6.92 Å². The van der Waals surface area contributed by atoms with E-state index in [1.807, 2.05) is 6.20 Å². The van der Waals surface area contributed by atoms with Gasteiger partial charge in [-0.25, -0.2) is 4.98 Å². The highest BCUT2D eigenvalue weighted by Crippen LogP contribution is 2.26. The van der Waals surface area contributed by atoms with Gasteiger partial charge < -0.3 is 9.88 Å². The lowest BCUT2D eigenvalue weighted by molar-refractivity contribution is 0.662. The summed E-state index contributed by atoms with van der Waals surface area (Å²) in [4.78, 5) is 4.63. The summed E-state index contributed by atoms with van der Waals surface area (Å²) < 4.78 is 2.24. The van der Waals surface area contributed by atoms with Crippen molar-refractivity contribution in [1.29, 1.82) is 0 Å². The molecule has 18 heavy (non-hydrogen) atoms. The van der Waals surface area contributed by atoms with Crippen molar-refractivity contribution >= 4 is 0 Å². The third-order valence-electron chi connectivity index (χ3n) is 3.76. The normalized spacial score (nSPS) is 19.3. The predicted molar refractivity (Wildman–Crippen MR) is 73.6 cm³/mol. The molecule has 3 rings (SSSR count). The second kappa shape index (κ2) is 4.58. The van der Waals surface area contributed by atoms with E-state index in [-0.39, 0.29) is 0 Å². The molecule has 0 bridgehead atoms. The van der Waals surface area contributed by atoms with Crippen LogP contribution in [0.4, 0.5) is 0 Å². The molecule has 1 saturated heterocycles. The van der Waals surface area contributed by atoms with E-state index < -0.39 is 0 Å². The van der Waals surface area contributed by atoms with E-state index in [4.69, 9.17) is 0 Å². The largest absolute Gasteiger partial charge is 0.331 e. The first kappa shape index (κ1) is 11.5. The number of nitrogens with zero attached hydrogens (tertiary/aromatic N) is 2. The van der Waals surface area contributed by atoms with Gasteiger partial charge in [0.2, 0.25) is 0 Å². The van der Waals surface area contributed by atoms with Crippen LogP contribution in [0.25, 0.3) is 11.3 Å². The molecule has 1 aliphatic heterocycles. The molecule has 2 aromatic rings. The number of aromatic nitrogens is 2. The van der Waals surface area contributed by atoms with Crippen molar-refractivity contribution in [3.63, 3.8) is 0 Å². The minimum Gasteiger partial charge on any atom is -0.331 e. The lowest BCUT2D eigenvalue weighted by Gasteiger charge is -2.10. The maximum atomic E-state index is 4.63. The maximum absolute atomic E-state index is 4.63. The number of aryl methyl sites for hydroxylation is 1. The summed E-state index contributed by atoms with van der Waals surface area (Å²) >= 11 is 0. The Hall–Kier alpha value is -1.61. The Balaban J connectivity index is 1.98. The van der Waals surface area contributed by atoms with Crippen LogP contribution >= 0.6 is 0 Å². The summed E-state index contributed by atoms with van der Waals surface area (Å²) in [6.45, 7) is 4.29. The quantitative estimate of drug-likeness (QED) is 0.875. The number of hydrogen-bond acceptors (Lipinski definition) is 2. The molecule has 1 fully saturated rings. The maximum Gasteiger partial charge on any atom is 0.113 e. The fourth-order valence-corrected chi connectivity index (χ4v) is 2.75. The SMILES string of the molecule is Cc1cccc(-c2cnc(C3CCNC3)n2C)c1. The van der Waals surface area contributed by atoms with E-state index in [1.165, 1.54) is 29.1 Å². The Morgan fingerprint density at radius 3 is 3.00 bits per heavy atom. The van der Waals surface area contributed by atoms with Crippen molar-refractivity contribution in [2.24, 2.45) is 7.05 Å². The van der Waals surface area contributed by atoms with Crippen LogP contribution in [0.1, 0.15) is 23.7 Å². The van der Waals surface area contributed by atoms with Crippen molar-refractivity contribution in [2.45, 2.75) is 19.3 Å². The fourth-order valence-electron chi connectivity index (χ4n) is 2.75. The van der Waals surface area contributed by atoms with Gasteiger partial charge in [-0.05, 0) is 26.0 Å². The van der Waals surface area contributed by atoms with Crippen molar-refractivity contribution in [2.75, 3.05) is 13.1 Å². The van der Waals surface area contributed by atoms with E-state index in [2.05, 4.69) is 53.1 Å². The number of nitrogens with one attached hydrogen (secondary N) is 1. The average molecular weight is 241 g/mol. The molecule has 3 heteroatoms. The summed E-state index contributed by atoms with van der Waals surface area (Å²) in [5.41, 5.74) is 3.75. The van der Waals surface area contributed by atoms with E-state index in [9.17, 15) is 0 Å². The standard InChI is InChI=1S/C15H19N3/c1-11-4-3-5-12(8-11)14-10-17-15(18(14)2)13-6-7-16-9-13/h3-5,8,10,13,16H,6-7,9H2,1-2H3. The first-order valence-electron chi connectivity index (χ1n) is 6.55. The minimum absolute atomic E-state index is 0.563. The van der Waals surface area contributed by atoms with Crippen LogP contribution in [0.15, 0.2) is 30.5 Å². The molecule has 1 aromatic heterocycles. The van der Waals surface area contributed by atoms with Gasteiger partial charge in [-0.2, -0.15) is 0 Å². The first-order chi connectivity index (χ1) is 8.75. The number of hydrogen-bond donors (Lipinski definition) is 1. The van der Waals surface area contributed by atoms with E-state index in [0.717, 1.165) is 13.1 Å². The molecule has 0 saturated carbocycles. The molecule has 0 amide bonds. The topological polar surface area (TPSA) is 29.9 Å². The van der Waals surface area contributed by atoms with Gasteiger partial charge in [0.1, 0.15) is 5.82 Å². The highest BCUT2D eigenvalue weighted by Gasteiger charge is 2.21. The molecule has 94 valence electrons. The van der Waals surface area contributed by atoms with Gasteiger partial charge in [0.25, 0.3) is 0 Å². The van der Waals surface area contributed by atoms with Gasteiger partial charge in [0.15, 0.2) is 0 Å². The highest BCUT2D eigenvalue weighted by atomic mass is 15.1. The van der Waals surface area contributed by atoms with Crippen molar-refractivity contribution in [3.8, 4) is 11.3 Å². The van der Waals surface area contributed by atoms with E-state index in [0.29, 0.717) is 5.92 Å². The molecule has 0 spiro atoms. The molecule has 1 unspecified atom stereocenters. The van der Waals surface area contributed by atoms with Gasteiger partial charge in [-0.3, -0.25) is 0 Å². The molecular formula is C15H19N3. The van der Waals surface area contributed by atoms with E-state index >= 15 is 0 Å². The monoisotopic (exact) mass is 241 g/mol. The Kier molecular flexibility index (Phi) is 2.92. The van der Waals surface area contributed by atoms with Crippen LogP contribution in [0.3, 0.4) is 0 Å². The third-order valence-corrected chi connectivity index (χ3v) is 3.76.